The van der Waals surface area contributed by atoms with Gasteiger partial charge in [0.1, 0.15) is 4.75 Å². The first kappa shape index (κ1) is 26.3. The van der Waals surface area contributed by atoms with Crippen molar-refractivity contribution in [3.8, 4) is 0 Å². The molecule has 0 amide bonds. The summed E-state index contributed by atoms with van der Waals surface area (Å²) in [6, 6.07) is 15.2. The molecule has 2 aromatic carbocycles. The second-order valence-corrected chi connectivity index (χ2v) is 15.8. The fourth-order valence-corrected chi connectivity index (χ4v) is 8.86. The Bertz CT molecular complexity index is 1670. The van der Waals surface area contributed by atoms with E-state index in [1.807, 2.05) is 45.6 Å². The zero-order chi connectivity index (χ0) is 27.5. The van der Waals surface area contributed by atoms with E-state index in [-0.39, 0.29) is 16.2 Å². The summed E-state index contributed by atoms with van der Waals surface area (Å²) in [7, 11) is 0. The third-order valence-electron chi connectivity index (χ3n) is 8.25. The van der Waals surface area contributed by atoms with Crippen molar-refractivity contribution in [2.45, 2.75) is 60.6 Å². The van der Waals surface area contributed by atoms with Crippen molar-refractivity contribution >= 4 is 56.3 Å². The van der Waals surface area contributed by atoms with Gasteiger partial charge in [-0.05, 0) is 68.8 Å². The Kier molecular flexibility index (Phi) is 6.59. The van der Waals surface area contributed by atoms with Gasteiger partial charge in [0.15, 0.2) is 5.65 Å². The van der Waals surface area contributed by atoms with Gasteiger partial charge in [-0.25, -0.2) is 9.97 Å². The van der Waals surface area contributed by atoms with Crippen LogP contribution in [0.2, 0.25) is 0 Å². The van der Waals surface area contributed by atoms with E-state index in [2.05, 4.69) is 60.9 Å². The van der Waals surface area contributed by atoms with Crippen molar-refractivity contribution in [3.05, 3.63) is 78.4 Å². The van der Waals surface area contributed by atoms with Crippen LogP contribution in [0.3, 0.4) is 0 Å². The summed E-state index contributed by atoms with van der Waals surface area (Å²) in [5, 5.41) is 1.15. The highest BCUT2D eigenvalue weighted by Gasteiger charge is 2.50. The van der Waals surface area contributed by atoms with Crippen molar-refractivity contribution in [2.24, 2.45) is 5.41 Å². The van der Waals surface area contributed by atoms with E-state index in [4.69, 9.17) is 9.97 Å². The minimum absolute atomic E-state index is 0.0400. The quantitative estimate of drug-likeness (QED) is 0.256. The average molecular weight is 589 g/mol. The van der Waals surface area contributed by atoms with Gasteiger partial charge in [0, 0.05) is 64.9 Å². The Balaban J connectivity index is 1.20. The second kappa shape index (κ2) is 10.0. The SMILES string of the molecule is CC(C)(C)[S@@+]([O-])NC1CN(c2ncc(Sc3cccc4cnsc34)c3nccn23)CCC12Cc1ccccc1C2. The number of anilines is 1. The number of aromatic nitrogens is 4. The minimum atomic E-state index is -1.17. The van der Waals surface area contributed by atoms with E-state index in [0.29, 0.717) is 0 Å². The summed E-state index contributed by atoms with van der Waals surface area (Å²) in [5.74, 6) is 0.881. The first-order chi connectivity index (χ1) is 19.3. The molecule has 2 atom stereocenters. The van der Waals surface area contributed by atoms with Crippen LogP contribution in [-0.4, -0.2) is 47.2 Å². The predicted molar refractivity (Wildman–Crippen MR) is 165 cm³/mol. The smallest absolute Gasteiger partial charge is 0.211 e. The van der Waals surface area contributed by atoms with Crippen LogP contribution >= 0.6 is 23.3 Å². The van der Waals surface area contributed by atoms with Gasteiger partial charge in [0.2, 0.25) is 5.95 Å². The van der Waals surface area contributed by atoms with Crippen LogP contribution < -0.4 is 9.62 Å². The molecule has 7 nitrogen and oxygen atoms in total. The Morgan fingerprint density at radius 2 is 1.85 bits per heavy atom. The topological polar surface area (TPSA) is 81.4 Å². The van der Waals surface area contributed by atoms with Crippen LogP contribution in [0, 0.1) is 5.41 Å². The summed E-state index contributed by atoms with van der Waals surface area (Å²) in [4.78, 5) is 14.2. The lowest BCUT2D eigenvalue weighted by Gasteiger charge is -2.46. The van der Waals surface area contributed by atoms with Gasteiger partial charge in [-0.15, -0.1) is 4.72 Å². The lowest BCUT2D eigenvalue weighted by atomic mass is 9.72. The molecule has 0 saturated carbocycles. The van der Waals surface area contributed by atoms with Crippen molar-refractivity contribution in [1.29, 1.82) is 0 Å². The van der Waals surface area contributed by atoms with Crippen LogP contribution in [0.1, 0.15) is 38.3 Å². The fourth-order valence-electron chi connectivity index (χ4n) is 6.09. The molecule has 3 aromatic heterocycles. The number of nitrogens with one attached hydrogen (secondary N) is 1. The van der Waals surface area contributed by atoms with Gasteiger partial charge in [-0.3, -0.25) is 4.40 Å². The molecule has 1 unspecified atom stereocenters. The highest BCUT2D eigenvalue weighted by atomic mass is 32.2. The summed E-state index contributed by atoms with van der Waals surface area (Å²) >= 11 is 2.03. The number of imidazole rings is 1. The molecule has 10 heteroatoms. The Morgan fingerprint density at radius 3 is 2.62 bits per heavy atom. The van der Waals surface area contributed by atoms with Crippen LogP contribution in [-0.2, 0) is 24.2 Å². The van der Waals surface area contributed by atoms with E-state index in [0.717, 1.165) is 59.1 Å². The van der Waals surface area contributed by atoms with Crippen LogP contribution in [0.5, 0.6) is 0 Å². The molecule has 1 aliphatic heterocycles. The first-order valence-electron chi connectivity index (χ1n) is 13.6. The average Bonchev–Trinajstić information content (AvgIpc) is 3.69. The molecule has 5 aromatic rings. The van der Waals surface area contributed by atoms with Gasteiger partial charge >= 0.3 is 0 Å². The minimum Gasteiger partial charge on any atom is -0.598 e. The molecule has 1 spiro atoms. The van der Waals surface area contributed by atoms with Crippen molar-refractivity contribution < 1.29 is 4.55 Å². The summed E-state index contributed by atoms with van der Waals surface area (Å²) < 4.78 is 24.3. The first-order valence-corrected chi connectivity index (χ1v) is 16.4. The molecule has 7 rings (SSSR count). The molecular weight excluding hydrogens is 557 g/mol. The monoisotopic (exact) mass is 588 g/mol. The molecule has 40 heavy (non-hydrogen) atoms. The molecular formula is C30H32N6OS3. The van der Waals surface area contributed by atoms with E-state index in [1.165, 1.54) is 27.4 Å². The number of piperidine rings is 1. The maximum absolute atomic E-state index is 13.4. The molecule has 4 heterocycles. The van der Waals surface area contributed by atoms with Gasteiger partial charge in [0.05, 0.1) is 15.6 Å². The fraction of sp³-hybridized carbons (Fsp3) is 0.367. The van der Waals surface area contributed by atoms with Crippen LogP contribution in [0.25, 0.3) is 15.7 Å². The number of fused-ring (bicyclic) bond motifs is 3. The lowest BCUT2D eigenvalue weighted by molar-refractivity contribution is 0.179. The summed E-state index contributed by atoms with van der Waals surface area (Å²) in [6.07, 6.45) is 10.8. The van der Waals surface area contributed by atoms with E-state index < -0.39 is 11.4 Å². The highest BCUT2D eigenvalue weighted by molar-refractivity contribution is 8.00. The van der Waals surface area contributed by atoms with Crippen molar-refractivity contribution in [2.75, 3.05) is 18.0 Å². The number of rotatable bonds is 5. The summed E-state index contributed by atoms with van der Waals surface area (Å²) in [6.45, 7) is 7.73. The molecule has 0 radical (unpaired) electrons. The molecule has 1 N–H and O–H groups in total. The van der Waals surface area contributed by atoms with Crippen molar-refractivity contribution in [1.82, 2.24) is 23.5 Å². The number of hydrogen-bond donors (Lipinski definition) is 1. The zero-order valence-electron chi connectivity index (χ0n) is 22.8. The normalized spacial score (nSPS) is 19.5. The van der Waals surface area contributed by atoms with Crippen LogP contribution in [0.4, 0.5) is 5.95 Å². The van der Waals surface area contributed by atoms with E-state index in [1.54, 1.807) is 11.8 Å². The lowest BCUT2D eigenvalue weighted by Crippen LogP contribution is -2.61. The van der Waals surface area contributed by atoms with E-state index in [9.17, 15) is 4.55 Å². The van der Waals surface area contributed by atoms with E-state index >= 15 is 0 Å². The number of benzene rings is 2. The van der Waals surface area contributed by atoms with Crippen molar-refractivity contribution in [3.63, 3.8) is 0 Å². The highest BCUT2D eigenvalue weighted by Crippen LogP contribution is 2.46. The maximum Gasteiger partial charge on any atom is 0.211 e. The number of nitrogens with zero attached hydrogens (tertiary/aromatic N) is 5. The molecule has 206 valence electrons. The van der Waals surface area contributed by atoms with Gasteiger partial charge < -0.3 is 9.45 Å². The van der Waals surface area contributed by atoms with Gasteiger partial charge in [0.25, 0.3) is 0 Å². The second-order valence-electron chi connectivity index (χ2n) is 11.9. The third-order valence-corrected chi connectivity index (χ3v) is 11.9. The molecule has 1 aliphatic carbocycles. The maximum atomic E-state index is 13.4. The van der Waals surface area contributed by atoms with Gasteiger partial charge in [-0.1, -0.05) is 48.2 Å². The van der Waals surface area contributed by atoms with Crippen LogP contribution in [0.15, 0.2) is 77.0 Å². The summed E-state index contributed by atoms with van der Waals surface area (Å²) in [5.41, 5.74) is 3.79. The molecule has 1 saturated heterocycles. The Morgan fingerprint density at radius 1 is 1.05 bits per heavy atom. The zero-order valence-corrected chi connectivity index (χ0v) is 25.3. The number of hydrogen-bond acceptors (Lipinski definition) is 8. The molecule has 1 fully saturated rings. The Hall–Kier alpha value is -2.63. The largest absolute Gasteiger partial charge is 0.598 e. The molecule has 0 bridgehead atoms. The van der Waals surface area contributed by atoms with Gasteiger partial charge in [-0.2, -0.15) is 4.37 Å². The Labute approximate surface area is 245 Å². The standard InChI is InChI=1S/C30H32N6OS3/c1-29(2,3)40(37)34-25-19-35(13-11-30(25)15-20-7-4-5-8-21(20)16-30)28-32-18-24(27-31-12-14-36(27)28)38-23-10-6-9-22-17-33-39-26(22)23/h4-10,12,14,17-18,25,34H,11,13,15-16,19H2,1-3H3/t25?,40-/m1/s1. The third kappa shape index (κ3) is 4.59. The predicted octanol–water partition coefficient (Wildman–Crippen LogP) is 5.91. The molecule has 2 aliphatic rings.